The summed E-state index contributed by atoms with van der Waals surface area (Å²) in [4.78, 5) is 14.7. The van der Waals surface area contributed by atoms with E-state index in [9.17, 15) is 4.79 Å². The lowest BCUT2D eigenvalue weighted by atomic mass is 10.1. The van der Waals surface area contributed by atoms with Gasteiger partial charge >= 0.3 is 5.97 Å². The molecule has 1 N–H and O–H groups in total. The molecule has 0 aliphatic rings. The molecule has 5 heteroatoms. The van der Waals surface area contributed by atoms with Crippen molar-refractivity contribution in [1.29, 1.82) is 0 Å². The van der Waals surface area contributed by atoms with Crippen LogP contribution in [0.4, 0.5) is 0 Å². The van der Waals surface area contributed by atoms with Crippen LogP contribution >= 0.6 is 12.4 Å². The first-order valence-corrected chi connectivity index (χ1v) is 5.54. The Morgan fingerprint density at radius 2 is 2.18 bits per heavy atom. The summed E-state index contributed by atoms with van der Waals surface area (Å²) in [5, 5.41) is 8.83. The van der Waals surface area contributed by atoms with Gasteiger partial charge in [0.05, 0.1) is 6.61 Å². The molecule has 0 unspecified atom stereocenters. The summed E-state index contributed by atoms with van der Waals surface area (Å²) in [6, 6.07) is 1.50. The van der Waals surface area contributed by atoms with Crippen molar-refractivity contribution in [2.75, 3.05) is 6.61 Å². The maximum absolute atomic E-state index is 10.8. The quantitative estimate of drug-likeness (QED) is 0.853. The zero-order valence-electron chi connectivity index (χ0n) is 10.1. The minimum atomic E-state index is -1.03. The molecule has 96 valence electrons. The third kappa shape index (κ3) is 4.61. The minimum absolute atomic E-state index is 0. The number of pyridine rings is 1. The number of hydrogen-bond donors (Lipinski definition) is 1. The summed E-state index contributed by atoms with van der Waals surface area (Å²) >= 11 is 0. The van der Waals surface area contributed by atoms with Crippen LogP contribution in [0.2, 0.25) is 0 Å². The normalized spacial score (nSPS) is 9.53. The fraction of sp³-hybridized carbons (Fsp3) is 0.500. The third-order valence-corrected chi connectivity index (χ3v) is 2.26. The number of halogens is 1. The zero-order valence-corrected chi connectivity index (χ0v) is 10.9. The molecule has 1 aromatic rings. The Morgan fingerprint density at radius 1 is 1.47 bits per heavy atom. The van der Waals surface area contributed by atoms with Crippen LogP contribution in [0.3, 0.4) is 0 Å². The topological polar surface area (TPSA) is 59.4 Å². The van der Waals surface area contributed by atoms with Crippen LogP contribution in [0.1, 0.15) is 42.7 Å². The van der Waals surface area contributed by atoms with Gasteiger partial charge in [0.25, 0.3) is 0 Å². The highest BCUT2D eigenvalue weighted by atomic mass is 35.5. The van der Waals surface area contributed by atoms with E-state index in [1.165, 1.54) is 6.07 Å². The maximum Gasteiger partial charge on any atom is 0.354 e. The average molecular weight is 260 g/mol. The van der Waals surface area contributed by atoms with Crippen LogP contribution < -0.4 is 4.74 Å². The van der Waals surface area contributed by atoms with Gasteiger partial charge in [-0.3, -0.25) is 0 Å². The Hall–Kier alpha value is -1.29. The van der Waals surface area contributed by atoms with Crippen molar-refractivity contribution in [3.63, 3.8) is 0 Å². The Morgan fingerprint density at radius 3 is 2.71 bits per heavy atom. The van der Waals surface area contributed by atoms with Gasteiger partial charge in [-0.2, -0.15) is 0 Å². The van der Waals surface area contributed by atoms with Gasteiger partial charge in [0.15, 0.2) is 5.69 Å². The van der Waals surface area contributed by atoms with Crippen molar-refractivity contribution < 1.29 is 14.6 Å². The van der Waals surface area contributed by atoms with Gasteiger partial charge in [-0.25, -0.2) is 9.78 Å². The van der Waals surface area contributed by atoms with Gasteiger partial charge in [-0.15, -0.1) is 12.4 Å². The lowest BCUT2D eigenvalue weighted by Gasteiger charge is -2.09. The summed E-state index contributed by atoms with van der Waals surface area (Å²) in [6.45, 7) is 4.52. The molecular formula is C12H18ClNO3. The number of rotatable bonds is 6. The van der Waals surface area contributed by atoms with Crippen molar-refractivity contribution in [3.05, 3.63) is 23.5 Å². The first-order chi connectivity index (χ1) is 7.69. The molecule has 0 spiro atoms. The predicted molar refractivity (Wildman–Crippen MR) is 68.2 cm³/mol. The van der Waals surface area contributed by atoms with E-state index in [0.717, 1.165) is 24.8 Å². The smallest absolute Gasteiger partial charge is 0.354 e. The molecule has 0 fully saturated rings. The summed E-state index contributed by atoms with van der Waals surface area (Å²) in [5.74, 6) is -0.383. The van der Waals surface area contributed by atoms with Crippen LogP contribution in [0, 0.1) is 0 Å². The second-order valence-corrected chi connectivity index (χ2v) is 3.52. The van der Waals surface area contributed by atoms with E-state index in [1.54, 1.807) is 6.20 Å². The molecule has 0 saturated heterocycles. The molecule has 1 aromatic heterocycles. The number of aryl methyl sites for hydroxylation is 1. The summed E-state index contributed by atoms with van der Waals surface area (Å²) in [6.07, 6.45) is 4.61. The van der Waals surface area contributed by atoms with Crippen LogP contribution in [-0.2, 0) is 6.42 Å². The first kappa shape index (κ1) is 15.7. The lowest BCUT2D eigenvalue weighted by molar-refractivity contribution is 0.0690. The van der Waals surface area contributed by atoms with E-state index in [1.807, 2.05) is 6.92 Å². The molecule has 4 nitrogen and oxygen atoms in total. The minimum Gasteiger partial charge on any atom is -0.493 e. The van der Waals surface area contributed by atoms with Crippen molar-refractivity contribution in [2.24, 2.45) is 0 Å². The number of carboxylic acids is 1. The third-order valence-electron chi connectivity index (χ3n) is 2.26. The van der Waals surface area contributed by atoms with E-state index >= 15 is 0 Å². The zero-order chi connectivity index (χ0) is 12.0. The highest BCUT2D eigenvalue weighted by Crippen LogP contribution is 2.20. The van der Waals surface area contributed by atoms with Crippen molar-refractivity contribution >= 4 is 18.4 Å². The van der Waals surface area contributed by atoms with E-state index in [0.29, 0.717) is 12.4 Å². The van der Waals surface area contributed by atoms with Gasteiger partial charge in [0.2, 0.25) is 0 Å². The lowest BCUT2D eigenvalue weighted by Crippen LogP contribution is -2.04. The molecule has 0 radical (unpaired) electrons. The molecule has 17 heavy (non-hydrogen) atoms. The Balaban J connectivity index is 0.00000256. The summed E-state index contributed by atoms with van der Waals surface area (Å²) in [7, 11) is 0. The van der Waals surface area contributed by atoms with Crippen LogP contribution in [-0.4, -0.2) is 22.7 Å². The van der Waals surface area contributed by atoms with Crippen LogP contribution in [0.15, 0.2) is 12.3 Å². The van der Waals surface area contributed by atoms with Crippen molar-refractivity contribution in [3.8, 4) is 5.75 Å². The SMILES string of the molecule is CCCCc1cnc(C(=O)O)cc1OCC.Cl. The summed E-state index contributed by atoms with van der Waals surface area (Å²) < 4.78 is 5.42. The number of aromatic carboxylic acids is 1. The maximum atomic E-state index is 10.8. The standard InChI is InChI=1S/C12H17NO3.ClH/c1-3-5-6-9-8-13-10(12(14)15)7-11(9)16-4-2;/h7-8H,3-6H2,1-2H3,(H,14,15);1H. The van der Waals surface area contributed by atoms with Gasteiger partial charge in [0, 0.05) is 17.8 Å². The fourth-order valence-corrected chi connectivity index (χ4v) is 1.43. The van der Waals surface area contributed by atoms with E-state index in [2.05, 4.69) is 11.9 Å². The molecule has 1 rings (SSSR count). The second-order valence-electron chi connectivity index (χ2n) is 3.52. The van der Waals surface area contributed by atoms with Gasteiger partial charge in [0.1, 0.15) is 5.75 Å². The highest BCUT2D eigenvalue weighted by Gasteiger charge is 2.10. The average Bonchev–Trinajstić information content (AvgIpc) is 2.27. The van der Waals surface area contributed by atoms with E-state index in [4.69, 9.17) is 9.84 Å². The Kier molecular flexibility index (Phi) is 7.30. The highest BCUT2D eigenvalue weighted by molar-refractivity contribution is 5.86. The summed E-state index contributed by atoms with van der Waals surface area (Å²) in [5.41, 5.74) is 1.01. The van der Waals surface area contributed by atoms with Crippen LogP contribution in [0.5, 0.6) is 5.75 Å². The van der Waals surface area contributed by atoms with Gasteiger partial charge in [-0.1, -0.05) is 13.3 Å². The van der Waals surface area contributed by atoms with E-state index < -0.39 is 5.97 Å². The molecule has 0 aliphatic carbocycles. The number of nitrogens with zero attached hydrogens (tertiary/aromatic N) is 1. The molecular weight excluding hydrogens is 242 g/mol. The number of unbranched alkanes of at least 4 members (excludes halogenated alkanes) is 1. The van der Waals surface area contributed by atoms with Crippen molar-refractivity contribution in [1.82, 2.24) is 4.98 Å². The Labute approximate surface area is 107 Å². The molecule has 0 atom stereocenters. The number of carboxylic acid groups (broad SMARTS) is 1. The molecule has 0 saturated carbocycles. The number of ether oxygens (including phenoxy) is 1. The van der Waals surface area contributed by atoms with E-state index in [-0.39, 0.29) is 18.1 Å². The van der Waals surface area contributed by atoms with Gasteiger partial charge < -0.3 is 9.84 Å². The molecule has 1 heterocycles. The molecule has 0 amide bonds. The molecule has 0 aliphatic heterocycles. The fourth-order valence-electron chi connectivity index (χ4n) is 1.43. The molecule has 0 aromatic carbocycles. The monoisotopic (exact) mass is 259 g/mol. The first-order valence-electron chi connectivity index (χ1n) is 5.54. The largest absolute Gasteiger partial charge is 0.493 e. The number of hydrogen-bond acceptors (Lipinski definition) is 3. The number of carbonyl (C=O) groups is 1. The number of aromatic nitrogens is 1. The second kappa shape index (κ2) is 7.90. The molecule has 0 bridgehead atoms. The predicted octanol–water partition coefficient (Wildman–Crippen LogP) is 2.94. The Bertz CT molecular complexity index is 369. The van der Waals surface area contributed by atoms with Crippen LogP contribution in [0.25, 0.3) is 0 Å². The van der Waals surface area contributed by atoms with Gasteiger partial charge in [-0.05, 0) is 19.8 Å². The van der Waals surface area contributed by atoms with Crippen molar-refractivity contribution in [2.45, 2.75) is 33.1 Å².